The highest BCUT2D eigenvalue weighted by Crippen LogP contribution is 2.26. The van der Waals surface area contributed by atoms with E-state index in [4.69, 9.17) is 0 Å². The second-order valence-corrected chi connectivity index (χ2v) is 6.98. The van der Waals surface area contributed by atoms with E-state index in [1.807, 2.05) is 19.1 Å². The Morgan fingerprint density at radius 3 is 2.39 bits per heavy atom. The molecule has 0 spiro atoms. The summed E-state index contributed by atoms with van der Waals surface area (Å²) in [6.45, 7) is 11.8. The van der Waals surface area contributed by atoms with Crippen LogP contribution in [0.2, 0.25) is 0 Å². The van der Waals surface area contributed by atoms with Gasteiger partial charge in [-0.1, -0.05) is 49.7 Å². The maximum atomic E-state index is 13.8. The molecule has 0 amide bonds. The molecule has 18 heavy (non-hydrogen) atoms. The van der Waals surface area contributed by atoms with Gasteiger partial charge in [0.15, 0.2) is 0 Å². The molecular weight excluding hydrogens is 293 g/mol. The summed E-state index contributed by atoms with van der Waals surface area (Å²) in [5, 5.41) is 3.41. The van der Waals surface area contributed by atoms with Gasteiger partial charge in [0.1, 0.15) is 5.82 Å². The number of rotatable bonds is 4. The van der Waals surface area contributed by atoms with Gasteiger partial charge in [-0.25, -0.2) is 4.39 Å². The smallest absolute Gasteiger partial charge is 0.129 e. The lowest BCUT2D eigenvalue weighted by atomic mass is 9.82. The highest BCUT2D eigenvalue weighted by atomic mass is 79.9. The Hall–Kier alpha value is -0.410. The first-order chi connectivity index (χ1) is 8.21. The first-order valence-corrected chi connectivity index (χ1v) is 7.19. The van der Waals surface area contributed by atoms with Gasteiger partial charge in [-0.3, -0.25) is 0 Å². The summed E-state index contributed by atoms with van der Waals surface area (Å²) < 4.78 is 14.6. The van der Waals surface area contributed by atoms with Crippen LogP contribution in [0.1, 0.15) is 46.2 Å². The number of hydrogen-bond acceptors (Lipinski definition) is 1. The Kier molecular flexibility index (Phi) is 5.35. The van der Waals surface area contributed by atoms with Crippen LogP contribution < -0.4 is 5.32 Å². The predicted octanol–water partition coefficient (Wildman–Crippen LogP) is 4.92. The molecule has 0 bridgehead atoms. The summed E-state index contributed by atoms with van der Waals surface area (Å²) in [5.41, 5.74) is 0.990. The second kappa shape index (κ2) is 6.16. The van der Waals surface area contributed by atoms with Gasteiger partial charge in [-0.15, -0.1) is 0 Å². The van der Waals surface area contributed by atoms with Crippen LogP contribution >= 0.6 is 15.9 Å². The number of nitrogens with one attached hydrogen (secondary N) is 1. The molecule has 2 unspecified atom stereocenters. The van der Waals surface area contributed by atoms with Crippen LogP contribution in [0.4, 0.5) is 4.39 Å². The third kappa shape index (κ3) is 4.36. The first-order valence-electron chi connectivity index (χ1n) is 6.40. The van der Waals surface area contributed by atoms with E-state index in [0.29, 0.717) is 5.92 Å². The number of benzene rings is 1. The second-order valence-electron chi connectivity index (χ2n) is 6.06. The maximum Gasteiger partial charge on any atom is 0.129 e. The van der Waals surface area contributed by atoms with Gasteiger partial charge in [0, 0.05) is 16.1 Å². The topological polar surface area (TPSA) is 12.0 Å². The van der Waals surface area contributed by atoms with Crippen molar-refractivity contribution < 1.29 is 4.39 Å². The molecule has 2 atom stereocenters. The average Bonchev–Trinajstić information content (AvgIpc) is 2.24. The quantitative estimate of drug-likeness (QED) is 0.831. The van der Waals surface area contributed by atoms with Crippen molar-refractivity contribution in [1.82, 2.24) is 5.32 Å². The van der Waals surface area contributed by atoms with Crippen molar-refractivity contribution in [3.05, 3.63) is 34.1 Å². The summed E-state index contributed by atoms with van der Waals surface area (Å²) in [7, 11) is 0. The zero-order chi connectivity index (χ0) is 13.9. The Labute approximate surface area is 118 Å². The van der Waals surface area contributed by atoms with Gasteiger partial charge in [0.05, 0.1) is 0 Å². The monoisotopic (exact) mass is 315 g/mol. The fraction of sp³-hybridized carbons (Fsp3) is 0.600. The van der Waals surface area contributed by atoms with Crippen LogP contribution in [-0.4, -0.2) is 6.54 Å². The van der Waals surface area contributed by atoms with Crippen molar-refractivity contribution in [2.75, 3.05) is 6.54 Å². The minimum Gasteiger partial charge on any atom is -0.310 e. The zero-order valence-corrected chi connectivity index (χ0v) is 13.4. The average molecular weight is 316 g/mol. The fourth-order valence-corrected chi connectivity index (χ4v) is 1.96. The fourth-order valence-electron chi connectivity index (χ4n) is 1.62. The van der Waals surface area contributed by atoms with Crippen LogP contribution in [0, 0.1) is 17.2 Å². The van der Waals surface area contributed by atoms with Crippen LogP contribution in [0.5, 0.6) is 0 Å². The Bertz CT molecular complexity index is 398. The van der Waals surface area contributed by atoms with Crippen molar-refractivity contribution in [1.29, 1.82) is 0 Å². The molecule has 102 valence electrons. The maximum absolute atomic E-state index is 13.8. The highest BCUT2D eigenvalue weighted by Gasteiger charge is 2.20. The Balaban J connectivity index is 2.63. The molecule has 1 aromatic carbocycles. The van der Waals surface area contributed by atoms with E-state index in [-0.39, 0.29) is 17.3 Å². The normalized spacial score (nSPS) is 15.5. The van der Waals surface area contributed by atoms with E-state index >= 15 is 0 Å². The summed E-state index contributed by atoms with van der Waals surface area (Å²) >= 11 is 3.27. The highest BCUT2D eigenvalue weighted by molar-refractivity contribution is 9.10. The molecule has 1 nitrogen and oxygen atoms in total. The minimum atomic E-state index is -0.159. The van der Waals surface area contributed by atoms with Gasteiger partial charge < -0.3 is 5.32 Å². The SMILES string of the molecule is CC(NCC(C)C(C)(C)C)c1ccc(Br)cc1F. The van der Waals surface area contributed by atoms with E-state index in [0.717, 1.165) is 16.6 Å². The van der Waals surface area contributed by atoms with E-state index in [1.54, 1.807) is 0 Å². The molecule has 0 aliphatic heterocycles. The van der Waals surface area contributed by atoms with Gasteiger partial charge in [0.2, 0.25) is 0 Å². The minimum absolute atomic E-state index is 0.0305. The Morgan fingerprint density at radius 2 is 1.89 bits per heavy atom. The molecule has 0 aliphatic carbocycles. The van der Waals surface area contributed by atoms with E-state index in [9.17, 15) is 4.39 Å². The number of hydrogen-bond donors (Lipinski definition) is 1. The standard InChI is InChI=1S/C15H23BrFN/c1-10(15(3,4)5)9-18-11(2)13-7-6-12(16)8-14(13)17/h6-8,10-11,18H,9H2,1-5H3. The molecule has 0 aliphatic rings. The van der Waals surface area contributed by atoms with Crippen LogP contribution in [0.3, 0.4) is 0 Å². The molecule has 1 aromatic rings. The Morgan fingerprint density at radius 1 is 1.28 bits per heavy atom. The molecule has 0 saturated carbocycles. The molecule has 1 N–H and O–H groups in total. The molecule has 0 radical (unpaired) electrons. The molecule has 0 fully saturated rings. The third-order valence-corrected chi connectivity index (χ3v) is 4.13. The summed E-state index contributed by atoms with van der Waals surface area (Å²) in [6, 6.07) is 5.26. The summed E-state index contributed by atoms with van der Waals surface area (Å²) in [6.07, 6.45) is 0. The molecular formula is C15H23BrFN. The third-order valence-electron chi connectivity index (χ3n) is 3.64. The molecule has 3 heteroatoms. The van der Waals surface area contributed by atoms with E-state index < -0.39 is 0 Å². The van der Waals surface area contributed by atoms with Crippen molar-refractivity contribution in [3.8, 4) is 0 Å². The molecule has 0 heterocycles. The van der Waals surface area contributed by atoms with Crippen molar-refractivity contribution in [2.24, 2.45) is 11.3 Å². The van der Waals surface area contributed by atoms with Crippen molar-refractivity contribution in [3.63, 3.8) is 0 Å². The largest absolute Gasteiger partial charge is 0.310 e. The van der Waals surface area contributed by atoms with Gasteiger partial charge in [-0.2, -0.15) is 0 Å². The molecule has 0 aromatic heterocycles. The van der Waals surface area contributed by atoms with Crippen LogP contribution in [0.15, 0.2) is 22.7 Å². The summed E-state index contributed by atoms with van der Waals surface area (Å²) in [5.74, 6) is 0.381. The predicted molar refractivity (Wildman–Crippen MR) is 79.1 cm³/mol. The van der Waals surface area contributed by atoms with Crippen LogP contribution in [-0.2, 0) is 0 Å². The van der Waals surface area contributed by atoms with Gasteiger partial charge >= 0.3 is 0 Å². The lowest BCUT2D eigenvalue weighted by Gasteiger charge is -2.29. The van der Waals surface area contributed by atoms with Gasteiger partial charge in [0.25, 0.3) is 0 Å². The van der Waals surface area contributed by atoms with Gasteiger partial charge in [-0.05, 0) is 36.9 Å². The lowest BCUT2D eigenvalue weighted by Crippen LogP contribution is -2.31. The van der Waals surface area contributed by atoms with E-state index in [2.05, 4.69) is 48.9 Å². The van der Waals surface area contributed by atoms with Crippen LogP contribution in [0.25, 0.3) is 0 Å². The number of halogens is 2. The van der Waals surface area contributed by atoms with Crippen molar-refractivity contribution in [2.45, 2.75) is 40.7 Å². The summed E-state index contributed by atoms with van der Waals surface area (Å²) in [4.78, 5) is 0. The molecule has 0 saturated heterocycles. The van der Waals surface area contributed by atoms with Crippen molar-refractivity contribution >= 4 is 15.9 Å². The first kappa shape index (κ1) is 15.6. The zero-order valence-electron chi connectivity index (χ0n) is 11.8. The molecule has 1 rings (SSSR count). The van der Waals surface area contributed by atoms with E-state index in [1.165, 1.54) is 6.07 Å². The lowest BCUT2D eigenvalue weighted by molar-refractivity contribution is 0.246.